The van der Waals surface area contributed by atoms with Crippen LogP contribution in [-0.2, 0) is 6.67 Å². The maximum atomic E-state index is 9.80. The Hall–Kier alpha value is -1.28. The first-order chi connectivity index (χ1) is 11.5. The number of piperidine rings is 1. The number of likely N-dealkylation sites (tertiary alicyclic amines) is 1. The van der Waals surface area contributed by atoms with E-state index in [1.165, 1.54) is 21.8 Å². The molecular formula is C17H25N4OS2+. The van der Waals surface area contributed by atoms with Gasteiger partial charge in [0.2, 0.25) is 5.13 Å². The Kier molecular flexibility index (Phi) is 5.65. The quantitative estimate of drug-likeness (QED) is 0.713. The molecule has 0 amide bonds. The number of benzene rings is 1. The highest BCUT2D eigenvalue weighted by Gasteiger charge is 2.22. The molecule has 3 rings (SSSR count). The van der Waals surface area contributed by atoms with Gasteiger partial charge in [0, 0.05) is 5.69 Å². The molecule has 1 aliphatic rings. The van der Waals surface area contributed by atoms with Crippen molar-refractivity contribution < 1.29 is 10.0 Å². The van der Waals surface area contributed by atoms with E-state index in [9.17, 15) is 5.11 Å². The van der Waals surface area contributed by atoms with Crippen molar-refractivity contribution in [3.05, 3.63) is 33.8 Å². The molecule has 0 spiro atoms. The highest BCUT2D eigenvalue weighted by atomic mass is 32.1. The van der Waals surface area contributed by atoms with Crippen LogP contribution in [-0.4, -0.2) is 34.1 Å². The fourth-order valence-electron chi connectivity index (χ4n) is 3.01. The van der Waals surface area contributed by atoms with Crippen molar-refractivity contribution in [2.75, 3.05) is 18.4 Å². The molecule has 0 saturated carbocycles. The second-order valence-corrected chi connectivity index (χ2v) is 8.36. The van der Waals surface area contributed by atoms with Crippen LogP contribution in [0.2, 0.25) is 0 Å². The summed E-state index contributed by atoms with van der Waals surface area (Å²) in [4.78, 5) is 1.34. The standard InChI is InChI=1S/C17H24N4OS2/c1-12(2)13-5-7-14(8-6-13)18-16-19-21(17(23)24-16)11-20-9-3-4-15(22)10-20/h5-8,12,15,22H,3-4,9-11H2,1-2H3,(H,18,19)/p+1/t15-/m1/s1. The molecule has 1 aromatic heterocycles. The van der Waals surface area contributed by atoms with E-state index in [2.05, 4.69) is 48.5 Å². The number of nitrogens with one attached hydrogen (secondary N) is 2. The van der Waals surface area contributed by atoms with Crippen LogP contribution < -0.4 is 10.2 Å². The van der Waals surface area contributed by atoms with Gasteiger partial charge in [-0.2, -0.15) is 4.68 Å². The number of hydrogen-bond donors (Lipinski definition) is 3. The van der Waals surface area contributed by atoms with E-state index < -0.39 is 0 Å². The Morgan fingerprint density at radius 2 is 2.17 bits per heavy atom. The van der Waals surface area contributed by atoms with Crippen LogP contribution in [0.25, 0.3) is 0 Å². The van der Waals surface area contributed by atoms with Crippen LogP contribution in [0.3, 0.4) is 0 Å². The topological polar surface area (TPSA) is 54.5 Å². The predicted molar refractivity (Wildman–Crippen MR) is 101 cm³/mol. The average molecular weight is 366 g/mol. The SMILES string of the molecule is CC(C)c1ccc(Nc2nn(C[NH+]3CCC[C@@H](O)C3)c(=S)s2)cc1. The summed E-state index contributed by atoms with van der Waals surface area (Å²) in [6.07, 6.45) is 1.77. The summed E-state index contributed by atoms with van der Waals surface area (Å²) in [5.74, 6) is 0.531. The van der Waals surface area contributed by atoms with Gasteiger partial charge in [-0.1, -0.05) is 37.3 Å². The summed E-state index contributed by atoms with van der Waals surface area (Å²) in [6, 6.07) is 8.44. The number of anilines is 2. The molecule has 7 heteroatoms. The molecule has 0 aliphatic carbocycles. The third kappa shape index (κ3) is 4.42. The van der Waals surface area contributed by atoms with Crippen molar-refractivity contribution in [3.8, 4) is 0 Å². The molecule has 1 fully saturated rings. The molecule has 1 aliphatic heterocycles. The summed E-state index contributed by atoms with van der Waals surface area (Å²) >= 11 is 6.93. The van der Waals surface area contributed by atoms with E-state index in [-0.39, 0.29) is 6.10 Å². The minimum Gasteiger partial charge on any atom is -0.387 e. The van der Waals surface area contributed by atoms with Gasteiger partial charge in [-0.25, -0.2) is 0 Å². The van der Waals surface area contributed by atoms with E-state index in [0.717, 1.165) is 47.4 Å². The molecule has 1 saturated heterocycles. The van der Waals surface area contributed by atoms with Crippen LogP contribution in [0.15, 0.2) is 24.3 Å². The summed E-state index contributed by atoms with van der Waals surface area (Å²) < 4.78 is 2.64. The summed E-state index contributed by atoms with van der Waals surface area (Å²) in [5, 5.41) is 18.6. The van der Waals surface area contributed by atoms with Crippen LogP contribution >= 0.6 is 23.6 Å². The highest BCUT2D eigenvalue weighted by molar-refractivity contribution is 7.73. The molecule has 1 aromatic carbocycles. The van der Waals surface area contributed by atoms with Crippen molar-refractivity contribution in [1.82, 2.24) is 9.78 Å². The number of hydrogen-bond acceptors (Lipinski definition) is 5. The van der Waals surface area contributed by atoms with Gasteiger partial charge in [0.1, 0.15) is 12.6 Å². The first-order valence-corrected chi connectivity index (χ1v) is 9.70. The Bertz CT molecular complexity index is 723. The Labute approximate surface area is 151 Å². The van der Waals surface area contributed by atoms with Crippen molar-refractivity contribution in [1.29, 1.82) is 0 Å². The third-order valence-electron chi connectivity index (χ3n) is 4.40. The van der Waals surface area contributed by atoms with Crippen molar-refractivity contribution in [2.45, 2.75) is 45.4 Å². The lowest BCUT2D eigenvalue weighted by molar-refractivity contribution is -0.931. The first kappa shape index (κ1) is 17.5. The zero-order chi connectivity index (χ0) is 17.1. The largest absolute Gasteiger partial charge is 0.387 e. The van der Waals surface area contributed by atoms with E-state index in [0.29, 0.717) is 5.92 Å². The number of rotatable bonds is 5. The predicted octanol–water partition coefficient (Wildman–Crippen LogP) is 2.54. The number of aliphatic hydroxyl groups is 1. The normalized spacial score (nSPS) is 21.2. The van der Waals surface area contributed by atoms with Crippen molar-refractivity contribution in [3.63, 3.8) is 0 Å². The molecule has 130 valence electrons. The lowest BCUT2D eigenvalue weighted by atomic mass is 10.0. The van der Waals surface area contributed by atoms with E-state index in [4.69, 9.17) is 12.2 Å². The molecule has 1 unspecified atom stereocenters. The maximum absolute atomic E-state index is 9.80. The molecule has 3 N–H and O–H groups in total. The van der Waals surface area contributed by atoms with Gasteiger partial charge in [0.15, 0.2) is 10.6 Å². The smallest absolute Gasteiger partial charge is 0.209 e. The van der Waals surface area contributed by atoms with Crippen LogP contribution in [0.1, 0.15) is 38.2 Å². The minimum absolute atomic E-state index is 0.196. The number of quaternary nitrogens is 1. The van der Waals surface area contributed by atoms with E-state index >= 15 is 0 Å². The summed E-state index contributed by atoms with van der Waals surface area (Å²) in [5.41, 5.74) is 2.35. The number of nitrogens with zero attached hydrogens (tertiary/aromatic N) is 2. The molecule has 2 heterocycles. The molecule has 24 heavy (non-hydrogen) atoms. The molecule has 0 bridgehead atoms. The second-order valence-electron chi connectivity index (χ2n) is 6.73. The van der Waals surface area contributed by atoms with Gasteiger partial charge in [0.05, 0.1) is 6.54 Å². The van der Waals surface area contributed by atoms with E-state index in [1.807, 2.05) is 4.68 Å². The fraction of sp³-hybridized carbons (Fsp3) is 0.529. The number of aromatic nitrogens is 2. The van der Waals surface area contributed by atoms with Crippen LogP contribution in [0.4, 0.5) is 10.8 Å². The first-order valence-electron chi connectivity index (χ1n) is 8.48. The Balaban J connectivity index is 1.66. The zero-order valence-corrected chi connectivity index (χ0v) is 15.8. The van der Waals surface area contributed by atoms with Gasteiger partial charge in [-0.05, 0) is 48.7 Å². The van der Waals surface area contributed by atoms with Crippen LogP contribution in [0.5, 0.6) is 0 Å². The molecule has 2 atom stereocenters. The van der Waals surface area contributed by atoms with Gasteiger partial charge in [0.25, 0.3) is 0 Å². The lowest BCUT2D eigenvalue weighted by Crippen LogP contribution is -3.13. The van der Waals surface area contributed by atoms with E-state index in [1.54, 1.807) is 0 Å². The average Bonchev–Trinajstić information content (AvgIpc) is 2.87. The fourth-order valence-corrected chi connectivity index (χ4v) is 4.04. The monoisotopic (exact) mass is 365 g/mol. The summed E-state index contributed by atoms with van der Waals surface area (Å²) in [6.45, 7) is 6.94. The second kappa shape index (κ2) is 7.74. The third-order valence-corrected chi connectivity index (χ3v) is 5.62. The van der Waals surface area contributed by atoms with Crippen molar-refractivity contribution in [2.24, 2.45) is 0 Å². The Morgan fingerprint density at radius 3 is 2.83 bits per heavy atom. The minimum atomic E-state index is -0.196. The maximum Gasteiger partial charge on any atom is 0.209 e. The molecule has 0 radical (unpaired) electrons. The van der Waals surface area contributed by atoms with Crippen molar-refractivity contribution >= 4 is 34.4 Å². The van der Waals surface area contributed by atoms with Gasteiger partial charge < -0.3 is 15.3 Å². The Morgan fingerprint density at radius 1 is 1.42 bits per heavy atom. The van der Waals surface area contributed by atoms with Gasteiger partial charge >= 0.3 is 0 Å². The van der Waals surface area contributed by atoms with Gasteiger partial charge in [-0.15, -0.1) is 5.10 Å². The number of aliphatic hydroxyl groups excluding tert-OH is 1. The van der Waals surface area contributed by atoms with Crippen LogP contribution in [0, 0.1) is 3.95 Å². The zero-order valence-electron chi connectivity index (χ0n) is 14.2. The summed E-state index contributed by atoms with van der Waals surface area (Å²) in [7, 11) is 0. The molecule has 2 aromatic rings. The molecular weight excluding hydrogens is 340 g/mol. The highest BCUT2D eigenvalue weighted by Crippen LogP contribution is 2.22. The lowest BCUT2D eigenvalue weighted by Gasteiger charge is -2.26. The molecule has 5 nitrogen and oxygen atoms in total. The van der Waals surface area contributed by atoms with Gasteiger partial charge in [-0.3, -0.25) is 0 Å².